The van der Waals surface area contributed by atoms with Gasteiger partial charge in [-0.25, -0.2) is 4.79 Å². The summed E-state index contributed by atoms with van der Waals surface area (Å²) >= 11 is 0. The fraction of sp³-hybridized carbons (Fsp3) is 0.261. The Hall–Kier alpha value is -4.19. The topological polar surface area (TPSA) is 130 Å². The van der Waals surface area contributed by atoms with Gasteiger partial charge in [0.15, 0.2) is 0 Å². The lowest BCUT2D eigenvalue weighted by Gasteiger charge is -2.36. The van der Waals surface area contributed by atoms with Crippen LogP contribution in [-0.2, 0) is 10.2 Å². The van der Waals surface area contributed by atoms with E-state index >= 15 is 0 Å². The molecule has 1 unspecified atom stereocenters. The largest absolute Gasteiger partial charge is 0.457 e. The molecule has 9 heteroatoms. The molecule has 0 amide bonds. The number of nitrogens with one attached hydrogen (secondary N) is 2. The van der Waals surface area contributed by atoms with E-state index in [0.717, 1.165) is 33.5 Å². The Morgan fingerprint density at radius 1 is 1.16 bits per heavy atom. The van der Waals surface area contributed by atoms with Gasteiger partial charge in [0.2, 0.25) is 5.69 Å². The molecule has 0 radical (unpaired) electrons. The summed E-state index contributed by atoms with van der Waals surface area (Å²) in [6.45, 7) is 4.29. The first-order valence-corrected chi connectivity index (χ1v) is 10.2. The molecule has 2 aromatic carbocycles. The number of hydrogen-bond donors (Lipinski definition) is 2. The number of rotatable bonds is 3. The van der Waals surface area contributed by atoms with Crippen molar-refractivity contribution < 1.29 is 9.53 Å². The molecule has 1 fully saturated rings. The van der Waals surface area contributed by atoms with E-state index in [9.17, 15) is 14.4 Å². The van der Waals surface area contributed by atoms with Gasteiger partial charge in [-0.05, 0) is 67.3 Å². The quantitative estimate of drug-likeness (QED) is 0.653. The summed E-state index contributed by atoms with van der Waals surface area (Å²) < 4.78 is 7.17. The number of benzene rings is 2. The second-order valence-corrected chi connectivity index (χ2v) is 8.21. The third-order valence-corrected chi connectivity index (χ3v) is 6.24. The Morgan fingerprint density at radius 2 is 1.91 bits per heavy atom. The SMILES string of the molecule is Cc1cc(-n2nc(C#N)c(=O)[nH]c2=O)cc(C)c1Oc1ccc2c(c1)C1(CCC1=O)CN2. The Kier molecular flexibility index (Phi) is 4.27. The van der Waals surface area contributed by atoms with Gasteiger partial charge in [-0.3, -0.25) is 14.6 Å². The van der Waals surface area contributed by atoms with Crippen LogP contribution in [0.3, 0.4) is 0 Å². The molecule has 2 N–H and O–H groups in total. The van der Waals surface area contributed by atoms with Crippen LogP contribution in [-0.4, -0.2) is 27.1 Å². The van der Waals surface area contributed by atoms with Crippen LogP contribution < -0.4 is 21.3 Å². The average molecular weight is 429 g/mol. The molecule has 0 bridgehead atoms. The van der Waals surface area contributed by atoms with Crippen LogP contribution in [0.5, 0.6) is 11.5 Å². The van der Waals surface area contributed by atoms with Crippen molar-refractivity contribution in [3.63, 3.8) is 0 Å². The summed E-state index contributed by atoms with van der Waals surface area (Å²) in [7, 11) is 0. The molecule has 0 saturated heterocycles. The summed E-state index contributed by atoms with van der Waals surface area (Å²) in [5, 5.41) is 16.2. The number of hydrogen-bond acceptors (Lipinski definition) is 7. The third kappa shape index (κ3) is 2.84. The normalized spacial score (nSPS) is 18.6. The highest BCUT2D eigenvalue weighted by molar-refractivity contribution is 5.99. The Balaban J connectivity index is 1.51. The van der Waals surface area contributed by atoms with E-state index in [-0.39, 0.29) is 5.78 Å². The Morgan fingerprint density at radius 3 is 2.53 bits per heavy atom. The maximum Gasteiger partial charge on any atom is 0.349 e. The minimum absolute atomic E-state index is 0.258. The molecule has 9 nitrogen and oxygen atoms in total. The molecule has 1 aliphatic carbocycles. The number of ether oxygens (including phenoxy) is 1. The van der Waals surface area contributed by atoms with Crippen molar-refractivity contribution in [2.75, 3.05) is 11.9 Å². The van der Waals surface area contributed by atoms with Crippen LogP contribution in [0.2, 0.25) is 0 Å². The molecule has 32 heavy (non-hydrogen) atoms. The number of carbonyl (C=O) groups excluding carboxylic acids is 1. The number of aromatic nitrogens is 3. The van der Waals surface area contributed by atoms with Crippen molar-refractivity contribution in [1.29, 1.82) is 5.26 Å². The number of H-pyrrole nitrogens is 1. The molecule has 3 aromatic rings. The summed E-state index contributed by atoms with van der Waals surface area (Å²) in [5.41, 5.74) is 1.45. The first kappa shape index (κ1) is 19.8. The lowest BCUT2D eigenvalue weighted by atomic mass is 9.64. The molecule has 1 spiro atoms. The average Bonchev–Trinajstić information content (AvgIpc) is 3.16. The molecular weight excluding hydrogens is 410 g/mol. The van der Waals surface area contributed by atoms with E-state index in [1.54, 1.807) is 18.2 Å². The minimum Gasteiger partial charge on any atom is -0.457 e. The van der Waals surface area contributed by atoms with Gasteiger partial charge in [-0.2, -0.15) is 9.94 Å². The molecule has 2 heterocycles. The van der Waals surface area contributed by atoms with E-state index in [0.29, 0.717) is 30.2 Å². The predicted molar refractivity (Wildman–Crippen MR) is 116 cm³/mol. The van der Waals surface area contributed by atoms with Crippen molar-refractivity contribution in [1.82, 2.24) is 14.8 Å². The summed E-state index contributed by atoms with van der Waals surface area (Å²) in [6, 6.07) is 10.8. The van der Waals surface area contributed by atoms with Gasteiger partial charge in [0.25, 0.3) is 5.56 Å². The van der Waals surface area contributed by atoms with E-state index in [1.165, 1.54) is 0 Å². The van der Waals surface area contributed by atoms with Gasteiger partial charge >= 0.3 is 5.69 Å². The number of ketones is 1. The van der Waals surface area contributed by atoms with Gasteiger partial charge in [-0.15, -0.1) is 5.10 Å². The second-order valence-electron chi connectivity index (χ2n) is 8.21. The number of aryl methyl sites for hydroxylation is 2. The minimum atomic E-state index is -0.823. The van der Waals surface area contributed by atoms with Crippen molar-refractivity contribution in [3.05, 3.63) is 73.6 Å². The van der Waals surface area contributed by atoms with Gasteiger partial charge in [0.1, 0.15) is 23.4 Å². The van der Waals surface area contributed by atoms with Gasteiger partial charge in [0, 0.05) is 18.7 Å². The van der Waals surface area contributed by atoms with Crippen molar-refractivity contribution >= 4 is 11.5 Å². The van der Waals surface area contributed by atoms with E-state index in [1.807, 2.05) is 32.0 Å². The number of Topliss-reactive ketones (excluding diaryl/α,β-unsaturated/α-hetero) is 1. The molecule has 2 aliphatic rings. The fourth-order valence-electron chi connectivity index (χ4n) is 4.46. The van der Waals surface area contributed by atoms with Crippen LogP contribution >= 0.6 is 0 Å². The molecular formula is C23H19N5O4. The van der Waals surface area contributed by atoms with Crippen LogP contribution in [0.25, 0.3) is 5.69 Å². The molecule has 160 valence electrons. The standard InChI is InChI=1S/C23H19N5O4/c1-12-7-14(28-22(31)26-21(30)18(10-24)27-28)8-13(2)20(12)32-15-3-4-17-16(9-15)23(11-25-17)6-5-19(23)29/h3-4,7-9,25H,5-6,11H2,1-2H3,(H,26,30,31). The van der Waals surface area contributed by atoms with E-state index in [4.69, 9.17) is 10.00 Å². The lowest BCUT2D eigenvalue weighted by molar-refractivity contribution is -0.130. The zero-order valence-electron chi connectivity index (χ0n) is 17.5. The zero-order valence-corrected chi connectivity index (χ0v) is 17.5. The Bertz CT molecular complexity index is 1440. The molecule has 1 aliphatic heterocycles. The van der Waals surface area contributed by atoms with Gasteiger partial charge in [0.05, 0.1) is 11.1 Å². The smallest absolute Gasteiger partial charge is 0.349 e. The van der Waals surface area contributed by atoms with Crippen LogP contribution in [0.4, 0.5) is 5.69 Å². The van der Waals surface area contributed by atoms with Crippen molar-refractivity contribution in [3.8, 4) is 23.3 Å². The zero-order chi connectivity index (χ0) is 22.6. The number of nitriles is 1. The predicted octanol–water partition coefficient (Wildman–Crippen LogP) is 2.23. The molecule has 5 rings (SSSR count). The van der Waals surface area contributed by atoms with Crippen molar-refractivity contribution in [2.45, 2.75) is 32.1 Å². The highest BCUT2D eigenvalue weighted by Gasteiger charge is 2.51. The van der Waals surface area contributed by atoms with E-state index < -0.39 is 22.4 Å². The first-order chi connectivity index (χ1) is 15.3. The van der Waals surface area contributed by atoms with Crippen LogP contribution in [0.15, 0.2) is 39.9 Å². The van der Waals surface area contributed by atoms with Crippen molar-refractivity contribution in [2.24, 2.45) is 0 Å². The molecule has 1 saturated carbocycles. The highest BCUT2D eigenvalue weighted by Crippen LogP contribution is 2.49. The lowest BCUT2D eigenvalue weighted by Crippen LogP contribution is -2.46. The second kappa shape index (κ2) is 6.92. The third-order valence-electron chi connectivity index (χ3n) is 6.24. The fourth-order valence-corrected chi connectivity index (χ4v) is 4.46. The highest BCUT2D eigenvalue weighted by atomic mass is 16.5. The molecule has 1 aromatic heterocycles. The summed E-state index contributed by atoms with van der Waals surface area (Å²) in [6.07, 6.45) is 1.45. The number of nitrogens with zero attached hydrogens (tertiary/aromatic N) is 3. The van der Waals surface area contributed by atoms with Gasteiger partial charge in [-0.1, -0.05) is 0 Å². The maximum absolute atomic E-state index is 12.3. The number of fused-ring (bicyclic) bond motifs is 2. The van der Waals surface area contributed by atoms with Crippen LogP contribution in [0.1, 0.15) is 35.2 Å². The first-order valence-electron chi connectivity index (χ1n) is 10.2. The number of carbonyl (C=O) groups is 1. The maximum atomic E-state index is 12.3. The summed E-state index contributed by atoms with van der Waals surface area (Å²) in [4.78, 5) is 38.2. The van der Waals surface area contributed by atoms with Crippen LogP contribution in [0, 0.1) is 25.2 Å². The Labute approximate surface area is 182 Å². The van der Waals surface area contributed by atoms with E-state index in [2.05, 4.69) is 15.4 Å². The number of aromatic amines is 1. The van der Waals surface area contributed by atoms with Gasteiger partial charge < -0.3 is 10.1 Å². The summed E-state index contributed by atoms with van der Waals surface area (Å²) in [5.74, 6) is 1.50. The molecule has 1 atom stereocenters. The monoisotopic (exact) mass is 429 g/mol. The number of anilines is 1.